The summed E-state index contributed by atoms with van der Waals surface area (Å²) in [5.74, 6) is 1.35. The van der Waals surface area contributed by atoms with Crippen molar-refractivity contribution in [2.75, 3.05) is 25.5 Å². The lowest BCUT2D eigenvalue weighted by Crippen LogP contribution is -2.31. The molecule has 2 aliphatic rings. The number of aromatic nitrogens is 4. The lowest BCUT2D eigenvalue weighted by Gasteiger charge is -2.28. The number of thiophene rings is 1. The molecule has 0 radical (unpaired) electrons. The lowest BCUT2D eigenvalue weighted by atomic mass is 9.83. The van der Waals surface area contributed by atoms with E-state index in [1.165, 1.54) is 45.2 Å². The molecule has 1 aliphatic carbocycles. The van der Waals surface area contributed by atoms with Crippen LogP contribution in [0.1, 0.15) is 38.5 Å². The number of hydrogen-bond donors (Lipinski definition) is 1. The molecular formula is C28H32N6OS. The summed E-state index contributed by atoms with van der Waals surface area (Å²) in [7, 11) is 2.20. The molecule has 4 aromatic rings. The summed E-state index contributed by atoms with van der Waals surface area (Å²) in [6.45, 7) is 3.32. The van der Waals surface area contributed by atoms with E-state index in [1.54, 1.807) is 23.7 Å². The minimum Gasteiger partial charge on any atom is -0.325 e. The fourth-order valence-electron chi connectivity index (χ4n) is 5.16. The molecule has 3 aromatic heterocycles. The minimum atomic E-state index is 0.104. The van der Waals surface area contributed by atoms with E-state index < -0.39 is 0 Å². The van der Waals surface area contributed by atoms with Crippen molar-refractivity contribution in [2.45, 2.75) is 45.1 Å². The van der Waals surface area contributed by atoms with Crippen LogP contribution >= 0.6 is 11.3 Å². The molecule has 8 heteroatoms. The monoisotopic (exact) mass is 500 g/mol. The Morgan fingerprint density at radius 3 is 2.72 bits per heavy atom. The number of nitrogens with zero attached hydrogens (tertiary/aromatic N) is 5. The maximum Gasteiger partial charge on any atom is 0.224 e. The molecule has 0 atom stereocenters. The summed E-state index contributed by atoms with van der Waals surface area (Å²) in [5, 5.41) is 11.0. The Morgan fingerprint density at radius 2 is 1.92 bits per heavy atom. The van der Waals surface area contributed by atoms with Crippen molar-refractivity contribution < 1.29 is 4.79 Å². The van der Waals surface area contributed by atoms with E-state index in [0.29, 0.717) is 18.3 Å². The maximum atomic E-state index is 12.3. The zero-order valence-corrected chi connectivity index (χ0v) is 21.5. The molecular weight excluding hydrogens is 468 g/mol. The van der Waals surface area contributed by atoms with Crippen molar-refractivity contribution in [1.29, 1.82) is 0 Å². The van der Waals surface area contributed by atoms with E-state index in [9.17, 15) is 4.79 Å². The zero-order chi connectivity index (χ0) is 24.5. The van der Waals surface area contributed by atoms with Crippen molar-refractivity contribution >= 4 is 33.8 Å². The molecule has 1 N–H and O–H groups in total. The Hall–Kier alpha value is -3.10. The number of likely N-dealkylation sites (tertiary alicyclic amines) is 1. The van der Waals surface area contributed by atoms with Crippen molar-refractivity contribution in [3.63, 3.8) is 0 Å². The molecule has 186 valence electrons. The number of amides is 1. The van der Waals surface area contributed by atoms with Crippen LogP contribution in [0, 0.1) is 11.8 Å². The molecule has 1 aromatic carbocycles. The summed E-state index contributed by atoms with van der Waals surface area (Å²) >= 11 is 1.57. The highest BCUT2D eigenvalue weighted by atomic mass is 32.1. The summed E-state index contributed by atoms with van der Waals surface area (Å²) in [5.41, 5.74) is 4.46. The van der Waals surface area contributed by atoms with Gasteiger partial charge in [-0.15, -0.1) is 11.3 Å². The topological polar surface area (TPSA) is 75.9 Å². The third kappa shape index (κ3) is 5.20. The van der Waals surface area contributed by atoms with Gasteiger partial charge in [0.2, 0.25) is 5.91 Å². The third-order valence-electron chi connectivity index (χ3n) is 7.60. The van der Waals surface area contributed by atoms with Crippen LogP contribution in [0.5, 0.6) is 0 Å². The second kappa shape index (κ2) is 10.1. The van der Waals surface area contributed by atoms with Gasteiger partial charge >= 0.3 is 0 Å². The van der Waals surface area contributed by atoms with Crippen LogP contribution < -0.4 is 5.32 Å². The molecule has 0 bridgehead atoms. The van der Waals surface area contributed by atoms with E-state index in [2.05, 4.69) is 51.3 Å². The predicted molar refractivity (Wildman–Crippen MR) is 145 cm³/mol. The number of fused-ring (bicyclic) bond motifs is 1. The fourth-order valence-corrected chi connectivity index (χ4v) is 5.96. The van der Waals surface area contributed by atoms with Crippen LogP contribution in [0.2, 0.25) is 0 Å². The molecule has 6 rings (SSSR count). The number of piperidine rings is 1. The van der Waals surface area contributed by atoms with E-state index >= 15 is 0 Å². The van der Waals surface area contributed by atoms with Gasteiger partial charge in [-0.3, -0.25) is 14.5 Å². The Bertz CT molecular complexity index is 1370. The van der Waals surface area contributed by atoms with Crippen LogP contribution in [-0.4, -0.2) is 50.7 Å². The largest absolute Gasteiger partial charge is 0.325 e. The van der Waals surface area contributed by atoms with Crippen LogP contribution in [0.25, 0.3) is 32.7 Å². The molecule has 4 heterocycles. The van der Waals surface area contributed by atoms with Gasteiger partial charge in [0, 0.05) is 35.5 Å². The Labute approximate surface area is 215 Å². The van der Waals surface area contributed by atoms with Gasteiger partial charge in [-0.25, -0.2) is 4.98 Å². The van der Waals surface area contributed by atoms with Gasteiger partial charge in [-0.1, -0.05) is 18.6 Å². The van der Waals surface area contributed by atoms with Gasteiger partial charge in [0.15, 0.2) is 0 Å². The zero-order valence-electron chi connectivity index (χ0n) is 20.7. The summed E-state index contributed by atoms with van der Waals surface area (Å²) in [4.78, 5) is 25.0. The second-order valence-electron chi connectivity index (χ2n) is 10.4. The van der Waals surface area contributed by atoms with Crippen molar-refractivity contribution in [3.05, 3.63) is 48.2 Å². The average Bonchev–Trinajstić information content (AvgIpc) is 3.49. The number of hydrogen-bond acceptors (Lipinski definition) is 6. The second-order valence-corrected chi connectivity index (χ2v) is 11.3. The first-order chi connectivity index (χ1) is 17.6. The van der Waals surface area contributed by atoms with E-state index in [0.717, 1.165) is 45.0 Å². The van der Waals surface area contributed by atoms with Gasteiger partial charge < -0.3 is 10.2 Å². The fraction of sp³-hybridized carbons (Fsp3) is 0.429. The average molecular weight is 501 g/mol. The molecule has 1 saturated heterocycles. The summed E-state index contributed by atoms with van der Waals surface area (Å²) < 4.78 is 2.11. The molecule has 1 aliphatic heterocycles. The van der Waals surface area contributed by atoms with Crippen molar-refractivity contribution in [3.8, 4) is 21.8 Å². The highest BCUT2D eigenvalue weighted by Gasteiger charge is 2.21. The van der Waals surface area contributed by atoms with Gasteiger partial charge in [-0.2, -0.15) is 5.10 Å². The highest BCUT2D eigenvalue weighted by Crippen LogP contribution is 2.32. The molecule has 1 amide bonds. The van der Waals surface area contributed by atoms with Gasteiger partial charge in [-0.05, 0) is 69.8 Å². The van der Waals surface area contributed by atoms with Crippen molar-refractivity contribution in [1.82, 2.24) is 24.6 Å². The van der Waals surface area contributed by atoms with Crippen LogP contribution in [0.3, 0.4) is 0 Å². The number of rotatable bonds is 7. The van der Waals surface area contributed by atoms with Crippen LogP contribution in [-0.2, 0) is 11.3 Å². The first-order valence-corrected chi connectivity index (χ1v) is 13.8. The van der Waals surface area contributed by atoms with Gasteiger partial charge in [0.1, 0.15) is 0 Å². The number of anilines is 1. The first-order valence-electron chi connectivity index (χ1n) is 13.0. The quantitative estimate of drug-likeness (QED) is 0.353. The molecule has 36 heavy (non-hydrogen) atoms. The molecule has 0 spiro atoms. The summed E-state index contributed by atoms with van der Waals surface area (Å²) in [6, 6.07) is 8.32. The molecule has 2 fully saturated rings. The Morgan fingerprint density at radius 1 is 1.08 bits per heavy atom. The van der Waals surface area contributed by atoms with Crippen LogP contribution in [0.4, 0.5) is 5.69 Å². The van der Waals surface area contributed by atoms with Gasteiger partial charge in [0.25, 0.3) is 0 Å². The SMILES string of the molecule is CN1CCC(Cn2cc3ccc(-c4cncc(-c5cc(NC(=O)CC6CCC6)cs5)n4)cc3n2)CC1. The highest BCUT2D eigenvalue weighted by molar-refractivity contribution is 7.14. The van der Waals surface area contributed by atoms with E-state index in [-0.39, 0.29) is 5.91 Å². The Kier molecular flexibility index (Phi) is 6.54. The van der Waals surface area contributed by atoms with Crippen molar-refractivity contribution in [2.24, 2.45) is 11.8 Å². The number of carbonyl (C=O) groups excluding carboxylic acids is 1. The normalized spacial score (nSPS) is 17.4. The van der Waals surface area contributed by atoms with Gasteiger partial charge in [0.05, 0.1) is 39.9 Å². The van der Waals surface area contributed by atoms with E-state index in [4.69, 9.17) is 10.1 Å². The smallest absolute Gasteiger partial charge is 0.224 e. The maximum absolute atomic E-state index is 12.3. The van der Waals surface area contributed by atoms with Crippen LogP contribution in [0.15, 0.2) is 48.2 Å². The number of carbonyl (C=O) groups is 1. The van der Waals surface area contributed by atoms with E-state index in [1.807, 2.05) is 11.4 Å². The number of nitrogens with one attached hydrogen (secondary N) is 1. The lowest BCUT2D eigenvalue weighted by molar-refractivity contribution is -0.117. The Balaban J connectivity index is 1.16. The molecule has 7 nitrogen and oxygen atoms in total. The predicted octanol–water partition coefficient (Wildman–Crippen LogP) is 5.69. The molecule has 0 unspecified atom stereocenters. The first kappa shape index (κ1) is 23.3. The minimum absolute atomic E-state index is 0.104. The standard InChI is InChI=1S/C28H32N6OS/c1-33-9-7-20(8-10-33)16-34-17-22-6-5-21(12-24(22)32-34)25-14-29-15-26(31-25)27-13-23(18-36-27)30-28(35)11-19-3-2-4-19/h5-6,12-15,17-20H,2-4,7-11,16H2,1H3,(H,30,35). The molecule has 1 saturated carbocycles. The number of benzene rings is 1. The summed E-state index contributed by atoms with van der Waals surface area (Å²) in [6.07, 6.45) is 12.4. The third-order valence-corrected chi connectivity index (χ3v) is 8.56.